The van der Waals surface area contributed by atoms with Gasteiger partial charge in [0.2, 0.25) is 5.91 Å². The Labute approximate surface area is 138 Å². The van der Waals surface area contributed by atoms with Crippen LogP contribution >= 0.6 is 11.8 Å². The molecule has 1 amide bonds. The van der Waals surface area contributed by atoms with Gasteiger partial charge in [-0.3, -0.25) is 14.3 Å². The number of hydrogen-bond acceptors (Lipinski definition) is 4. The first-order valence-electron chi connectivity index (χ1n) is 7.16. The largest absolute Gasteiger partial charge is 0.326 e. The van der Waals surface area contributed by atoms with Gasteiger partial charge in [0.1, 0.15) is 0 Å². The van der Waals surface area contributed by atoms with Gasteiger partial charge < -0.3 is 5.32 Å². The smallest absolute Gasteiger partial charge is 0.221 e. The molecule has 0 aliphatic rings. The molecule has 3 rings (SSSR count). The molecule has 0 spiro atoms. The van der Waals surface area contributed by atoms with E-state index in [1.807, 2.05) is 47.2 Å². The minimum atomic E-state index is -0.0688. The fourth-order valence-corrected chi connectivity index (χ4v) is 3.17. The minimum Gasteiger partial charge on any atom is -0.326 e. The SMILES string of the molecule is CC(=O)Nc1ccccc1CSc1nccn1-c1ccncc1. The Morgan fingerprint density at radius 1 is 1.17 bits per heavy atom. The number of imidazole rings is 1. The van der Waals surface area contributed by atoms with Crippen molar-refractivity contribution >= 4 is 23.4 Å². The summed E-state index contributed by atoms with van der Waals surface area (Å²) in [6, 6.07) is 11.7. The standard InChI is InChI=1S/C17H16N4OS/c1-13(22)20-16-5-3-2-4-14(16)12-23-17-19-10-11-21(17)15-6-8-18-9-7-15/h2-11H,12H2,1H3,(H,20,22). The van der Waals surface area contributed by atoms with Crippen LogP contribution in [0.4, 0.5) is 5.69 Å². The molecule has 0 fully saturated rings. The normalized spacial score (nSPS) is 10.5. The van der Waals surface area contributed by atoms with Gasteiger partial charge in [0.25, 0.3) is 0 Å². The number of nitrogens with zero attached hydrogens (tertiary/aromatic N) is 3. The molecule has 0 bridgehead atoms. The van der Waals surface area contributed by atoms with E-state index in [0.717, 1.165) is 27.8 Å². The van der Waals surface area contributed by atoms with Crippen molar-refractivity contribution in [3.63, 3.8) is 0 Å². The number of benzene rings is 1. The Morgan fingerprint density at radius 2 is 1.96 bits per heavy atom. The third kappa shape index (κ3) is 3.78. The summed E-state index contributed by atoms with van der Waals surface area (Å²) in [7, 11) is 0. The van der Waals surface area contributed by atoms with Crippen molar-refractivity contribution in [2.75, 3.05) is 5.32 Å². The summed E-state index contributed by atoms with van der Waals surface area (Å²) in [6.07, 6.45) is 7.23. The molecule has 1 aromatic carbocycles. The highest BCUT2D eigenvalue weighted by Crippen LogP contribution is 2.27. The van der Waals surface area contributed by atoms with E-state index in [4.69, 9.17) is 0 Å². The van der Waals surface area contributed by atoms with Crippen LogP contribution < -0.4 is 5.32 Å². The van der Waals surface area contributed by atoms with Gasteiger partial charge >= 0.3 is 0 Å². The second-order valence-corrected chi connectivity index (χ2v) is 5.85. The molecule has 0 radical (unpaired) electrons. The topological polar surface area (TPSA) is 59.8 Å². The first kappa shape index (κ1) is 15.3. The van der Waals surface area contributed by atoms with Crippen molar-refractivity contribution in [1.29, 1.82) is 0 Å². The average Bonchev–Trinajstić information content (AvgIpc) is 3.03. The van der Waals surface area contributed by atoms with Gasteiger partial charge in [-0.2, -0.15) is 0 Å². The van der Waals surface area contributed by atoms with Crippen molar-refractivity contribution in [3.05, 3.63) is 66.7 Å². The van der Waals surface area contributed by atoms with E-state index in [1.165, 1.54) is 6.92 Å². The Bertz CT molecular complexity index is 801. The maximum Gasteiger partial charge on any atom is 0.221 e. The molecule has 23 heavy (non-hydrogen) atoms. The zero-order valence-corrected chi connectivity index (χ0v) is 13.5. The number of carbonyl (C=O) groups excluding carboxylic acids is 1. The number of hydrogen-bond donors (Lipinski definition) is 1. The predicted molar refractivity (Wildman–Crippen MR) is 91.7 cm³/mol. The summed E-state index contributed by atoms with van der Waals surface area (Å²) in [6.45, 7) is 1.51. The molecular weight excluding hydrogens is 308 g/mol. The Balaban J connectivity index is 1.78. The van der Waals surface area contributed by atoms with Crippen LogP contribution in [0.2, 0.25) is 0 Å². The number of amides is 1. The number of anilines is 1. The Hall–Kier alpha value is -2.60. The van der Waals surface area contributed by atoms with Crippen LogP contribution in [-0.4, -0.2) is 20.4 Å². The van der Waals surface area contributed by atoms with Gasteiger partial charge in [-0.15, -0.1) is 0 Å². The van der Waals surface area contributed by atoms with Crippen molar-refractivity contribution in [1.82, 2.24) is 14.5 Å². The van der Waals surface area contributed by atoms with Crippen molar-refractivity contribution in [3.8, 4) is 5.69 Å². The van der Waals surface area contributed by atoms with E-state index in [0.29, 0.717) is 0 Å². The van der Waals surface area contributed by atoms with E-state index in [9.17, 15) is 4.79 Å². The van der Waals surface area contributed by atoms with Crippen molar-refractivity contribution < 1.29 is 4.79 Å². The van der Waals surface area contributed by atoms with Crippen LogP contribution in [0.25, 0.3) is 5.69 Å². The zero-order valence-electron chi connectivity index (χ0n) is 12.6. The van der Waals surface area contributed by atoms with Crippen LogP contribution in [0.1, 0.15) is 12.5 Å². The second-order valence-electron chi connectivity index (χ2n) is 4.91. The molecule has 6 heteroatoms. The molecule has 5 nitrogen and oxygen atoms in total. The van der Waals surface area contributed by atoms with E-state index in [1.54, 1.807) is 30.4 Å². The van der Waals surface area contributed by atoms with Gasteiger partial charge in [-0.25, -0.2) is 4.98 Å². The number of rotatable bonds is 5. The fraction of sp³-hybridized carbons (Fsp3) is 0.118. The summed E-state index contributed by atoms with van der Waals surface area (Å²) in [5, 5.41) is 3.76. The number of para-hydroxylation sites is 1. The van der Waals surface area contributed by atoms with Crippen LogP contribution in [0.3, 0.4) is 0 Å². The van der Waals surface area contributed by atoms with E-state index >= 15 is 0 Å². The molecule has 1 N–H and O–H groups in total. The molecule has 0 aliphatic heterocycles. The van der Waals surface area contributed by atoms with Crippen molar-refractivity contribution in [2.24, 2.45) is 0 Å². The molecule has 0 atom stereocenters. The number of pyridine rings is 1. The van der Waals surface area contributed by atoms with Gasteiger partial charge in [0.15, 0.2) is 5.16 Å². The molecule has 0 saturated carbocycles. The van der Waals surface area contributed by atoms with Gasteiger partial charge in [-0.05, 0) is 23.8 Å². The maximum absolute atomic E-state index is 11.3. The summed E-state index contributed by atoms with van der Waals surface area (Å²) in [5.41, 5.74) is 2.93. The van der Waals surface area contributed by atoms with E-state index in [2.05, 4.69) is 15.3 Å². The zero-order chi connectivity index (χ0) is 16.1. The molecule has 0 aliphatic carbocycles. The lowest BCUT2D eigenvalue weighted by molar-refractivity contribution is -0.114. The van der Waals surface area contributed by atoms with Crippen LogP contribution in [0, 0.1) is 0 Å². The van der Waals surface area contributed by atoms with Crippen LogP contribution in [0.5, 0.6) is 0 Å². The lowest BCUT2D eigenvalue weighted by atomic mass is 10.2. The van der Waals surface area contributed by atoms with Crippen molar-refractivity contribution in [2.45, 2.75) is 17.8 Å². The first-order chi connectivity index (χ1) is 11.2. The summed E-state index contributed by atoms with van der Waals surface area (Å²) < 4.78 is 2.02. The molecule has 2 aromatic heterocycles. The molecular formula is C17H16N4OS. The third-order valence-corrected chi connectivity index (χ3v) is 4.25. The van der Waals surface area contributed by atoms with Crippen LogP contribution in [-0.2, 0) is 10.5 Å². The number of nitrogens with one attached hydrogen (secondary N) is 1. The first-order valence-corrected chi connectivity index (χ1v) is 8.14. The Morgan fingerprint density at radius 3 is 2.74 bits per heavy atom. The highest BCUT2D eigenvalue weighted by molar-refractivity contribution is 7.98. The molecule has 3 aromatic rings. The predicted octanol–water partition coefficient (Wildman–Crippen LogP) is 3.52. The van der Waals surface area contributed by atoms with Crippen LogP contribution in [0.15, 0.2) is 66.3 Å². The van der Waals surface area contributed by atoms with Gasteiger partial charge in [0, 0.05) is 43.2 Å². The molecule has 2 heterocycles. The maximum atomic E-state index is 11.3. The van der Waals surface area contributed by atoms with Gasteiger partial charge in [-0.1, -0.05) is 30.0 Å². The summed E-state index contributed by atoms with van der Waals surface area (Å²) in [4.78, 5) is 19.8. The highest BCUT2D eigenvalue weighted by Gasteiger charge is 2.08. The highest BCUT2D eigenvalue weighted by atomic mass is 32.2. The Kier molecular flexibility index (Phi) is 4.73. The number of carbonyl (C=O) groups is 1. The summed E-state index contributed by atoms with van der Waals surface area (Å²) >= 11 is 1.62. The van der Waals surface area contributed by atoms with E-state index in [-0.39, 0.29) is 5.91 Å². The lowest BCUT2D eigenvalue weighted by Crippen LogP contribution is -2.07. The lowest BCUT2D eigenvalue weighted by Gasteiger charge is -2.10. The molecule has 0 saturated heterocycles. The fourth-order valence-electron chi connectivity index (χ4n) is 2.20. The monoisotopic (exact) mass is 324 g/mol. The minimum absolute atomic E-state index is 0.0688. The van der Waals surface area contributed by atoms with Gasteiger partial charge in [0.05, 0.1) is 5.69 Å². The summed E-state index contributed by atoms with van der Waals surface area (Å²) in [5.74, 6) is 0.652. The average molecular weight is 324 g/mol. The van der Waals surface area contributed by atoms with E-state index < -0.39 is 0 Å². The number of aromatic nitrogens is 3. The second kappa shape index (κ2) is 7.11. The quantitative estimate of drug-likeness (QED) is 0.730. The number of thioether (sulfide) groups is 1. The molecule has 116 valence electrons. The molecule has 0 unspecified atom stereocenters. The third-order valence-electron chi connectivity index (χ3n) is 3.23.